The van der Waals surface area contributed by atoms with Crippen LogP contribution in [0.1, 0.15) is 12.7 Å². The zero-order chi connectivity index (χ0) is 23.3. The highest BCUT2D eigenvalue weighted by Gasteiger charge is 2.31. The predicted octanol–water partition coefficient (Wildman–Crippen LogP) is 5.07. The van der Waals surface area contributed by atoms with Crippen molar-refractivity contribution >= 4 is 35.0 Å². The van der Waals surface area contributed by atoms with E-state index < -0.39 is 11.6 Å². The second kappa shape index (κ2) is 10.1. The predicted molar refractivity (Wildman–Crippen MR) is 114 cm³/mol. The van der Waals surface area contributed by atoms with E-state index in [-0.39, 0.29) is 18.3 Å². The van der Waals surface area contributed by atoms with Gasteiger partial charge in [-0.3, -0.25) is 4.79 Å². The van der Waals surface area contributed by atoms with Crippen LogP contribution in [-0.2, 0) is 18.4 Å². The Morgan fingerprint density at radius 2 is 1.88 bits per heavy atom. The normalized spacial score (nSPS) is 12.3. The van der Waals surface area contributed by atoms with E-state index in [0.29, 0.717) is 27.4 Å². The van der Waals surface area contributed by atoms with Crippen LogP contribution >= 0.6 is 23.4 Å². The van der Waals surface area contributed by atoms with Crippen molar-refractivity contribution < 1.29 is 27.4 Å². The molecule has 0 radical (unpaired) electrons. The molecule has 7 nitrogen and oxygen atoms in total. The van der Waals surface area contributed by atoms with Crippen molar-refractivity contribution in [3.63, 3.8) is 0 Å². The van der Waals surface area contributed by atoms with Gasteiger partial charge in [-0.15, -0.1) is 23.4 Å². The number of carbonyl (C=O) groups is 1. The topological polar surface area (TPSA) is 78.3 Å². The summed E-state index contributed by atoms with van der Waals surface area (Å²) >= 11 is 7.25. The summed E-state index contributed by atoms with van der Waals surface area (Å²) in [5, 5.41) is 11.2. The summed E-state index contributed by atoms with van der Waals surface area (Å²) in [5.74, 6) is 0.339. The molecule has 3 aromatic rings. The van der Waals surface area contributed by atoms with Crippen molar-refractivity contribution in [2.24, 2.45) is 7.05 Å². The number of hydrogen-bond acceptors (Lipinski definition) is 6. The van der Waals surface area contributed by atoms with Gasteiger partial charge in [0.1, 0.15) is 18.1 Å². The Hall–Kier alpha value is -2.92. The first-order valence-corrected chi connectivity index (χ1v) is 10.5. The van der Waals surface area contributed by atoms with Crippen LogP contribution in [0.2, 0.25) is 5.02 Å². The number of anilines is 1. The Balaban J connectivity index is 1.55. The smallest absolute Gasteiger partial charge is 0.484 e. The monoisotopic (exact) mass is 486 g/mol. The minimum Gasteiger partial charge on any atom is -0.484 e. The van der Waals surface area contributed by atoms with E-state index in [2.05, 4.69) is 20.3 Å². The summed E-state index contributed by atoms with van der Waals surface area (Å²) < 4.78 is 47.9. The van der Waals surface area contributed by atoms with Crippen LogP contribution in [0.15, 0.2) is 53.7 Å². The van der Waals surface area contributed by atoms with E-state index >= 15 is 0 Å². The summed E-state index contributed by atoms with van der Waals surface area (Å²) in [4.78, 5) is 12.5. The Bertz CT molecular complexity index is 1080. The molecule has 1 N–H and O–H groups in total. The highest BCUT2D eigenvalue weighted by atomic mass is 35.5. The number of rotatable bonds is 8. The van der Waals surface area contributed by atoms with E-state index in [1.54, 1.807) is 42.8 Å². The SMILES string of the molecule is CC(Sc1nnc(COc2ccccc2Cl)n1C)C(=O)Nc1ccc(OC(F)(F)F)cc1. The van der Waals surface area contributed by atoms with Crippen LogP contribution in [0.5, 0.6) is 11.5 Å². The third-order valence-electron chi connectivity index (χ3n) is 4.13. The molecular weight excluding hydrogens is 469 g/mol. The number of halogens is 4. The molecule has 0 saturated heterocycles. The van der Waals surface area contributed by atoms with Crippen LogP contribution in [0.4, 0.5) is 18.9 Å². The molecule has 0 saturated carbocycles. The molecule has 0 spiro atoms. The van der Waals surface area contributed by atoms with Crippen LogP contribution in [0.25, 0.3) is 0 Å². The lowest BCUT2D eigenvalue weighted by Gasteiger charge is -2.13. The summed E-state index contributed by atoms with van der Waals surface area (Å²) in [6, 6.07) is 11.9. The van der Waals surface area contributed by atoms with Crippen molar-refractivity contribution in [2.75, 3.05) is 5.32 Å². The molecule has 170 valence electrons. The second-order valence-corrected chi connectivity index (χ2v) is 8.21. The molecule has 0 fully saturated rings. The Morgan fingerprint density at radius 3 is 2.53 bits per heavy atom. The number of hydrogen-bond donors (Lipinski definition) is 1. The molecule has 0 bridgehead atoms. The van der Waals surface area contributed by atoms with Gasteiger partial charge >= 0.3 is 6.36 Å². The summed E-state index contributed by atoms with van der Waals surface area (Å²) in [6.45, 7) is 1.82. The zero-order valence-corrected chi connectivity index (χ0v) is 18.5. The third kappa shape index (κ3) is 6.54. The summed E-state index contributed by atoms with van der Waals surface area (Å²) in [7, 11) is 1.75. The molecule has 32 heavy (non-hydrogen) atoms. The molecule has 12 heteroatoms. The van der Waals surface area contributed by atoms with Crippen molar-refractivity contribution in [1.29, 1.82) is 0 Å². The number of thioether (sulfide) groups is 1. The maximum absolute atomic E-state index is 12.5. The largest absolute Gasteiger partial charge is 0.573 e. The number of para-hydroxylation sites is 1. The van der Waals surface area contributed by atoms with Crippen LogP contribution < -0.4 is 14.8 Å². The molecule has 1 aromatic heterocycles. The fraction of sp³-hybridized carbons (Fsp3) is 0.250. The number of ether oxygens (including phenoxy) is 2. The number of nitrogens with zero attached hydrogens (tertiary/aromatic N) is 3. The molecule has 2 aromatic carbocycles. The number of aromatic nitrogens is 3. The lowest BCUT2D eigenvalue weighted by molar-refractivity contribution is -0.274. The number of nitrogens with one attached hydrogen (secondary N) is 1. The molecule has 3 rings (SSSR count). The molecule has 0 aliphatic heterocycles. The first kappa shape index (κ1) is 23.7. The van der Waals surface area contributed by atoms with Crippen LogP contribution in [0.3, 0.4) is 0 Å². The quantitative estimate of drug-likeness (QED) is 0.448. The van der Waals surface area contributed by atoms with Gasteiger partial charge in [0.05, 0.1) is 10.3 Å². The van der Waals surface area contributed by atoms with Gasteiger partial charge in [-0.1, -0.05) is 35.5 Å². The van der Waals surface area contributed by atoms with Gasteiger partial charge in [0, 0.05) is 12.7 Å². The highest BCUT2D eigenvalue weighted by molar-refractivity contribution is 8.00. The Labute approximate surface area is 190 Å². The van der Waals surface area contributed by atoms with Crippen molar-refractivity contribution in [3.05, 3.63) is 59.4 Å². The van der Waals surface area contributed by atoms with E-state index in [9.17, 15) is 18.0 Å². The summed E-state index contributed by atoms with van der Waals surface area (Å²) in [6.07, 6.45) is -4.77. The highest BCUT2D eigenvalue weighted by Crippen LogP contribution is 2.27. The van der Waals surface area contributed by atoms with Gasteiger partial charge < -0.3 is 19.4 Å². The number of amides is 1. The van der Waals surface area contributed by atoms with Gasteiger partial charge in [0.2, 0.25) is 5.91 Å². The first-order chi connectivity index (χ1) is 15.1. The first-order valence-electron chi connectivity index (χ1n) is 9.21. The van der Waals surface area contributed by atoms with E-state index in [4.69, 9.17) is 16.3 Å². The van der Waals surface area contributed by atoms with Crippen molar-refractivity contribution in [3.8, 4) is 11.5 Å². The average molecular weight is 487 g/mol. The van der Waals surface area contributed by atoms with Crippen LogP contribution in [0, 0.1) is 0 Å². The minimum absolute atomic E-state index is 0.140. The number of carbonyl (C=O) groups excluding carboxylic acids is 1. The molecule has 1 heterocycles. The van der Waals surface area contributed by atoms with E-state index in [1.807, 2.05) is 0 Å². The van der Waals surface area contributed by atoms with Gasteiger partial charge in [-0.05, 0) is 43.3 Å². The molecule has 1 unspecified atom stereocenters. The molecule has 1 atom stereocenters. The van der Waals surface area contributed by atoms with E-state index in [0.717, 1.165) is 12.1 Å². The Kier molecular flexibility index (Phi) is 7.52. The summed E-state index contributed by atoms with van der Waals surface area (Å²) in [5.41, 5.74) is 0.337. The van der Waals surface area contributed by atoms with Crippen LogP contribution in [-0.4, -0.2) is 32.3 Å². The molecule has 1 amide bonds. The maximum Gasteiger partial charge on any atom is 0.573 e. The second-order valence-electron chi connectivity index (χ2n) is 6.50. The lowest BCUT2D eigenvalue weighted by atomic mass is 10.3. The van der Waals surface area contributed by atoms with Gasteiger partial charge in [0.15, 0.2) is 11.0 Å². The van der Waals surface area contributed by atoms with Crippen molar-refractivity contribution in [1.82, 2.24) is 14.8 Å². The van der Waals surface area contributed by atoms with Gasteiger partial charge in [0.25, 0.3) is 0 Å². The molecule has 0 aliphatic carbocycles. The maximum atomic E-state index is 12.5. The van der Waals surface area contributed by atoms with Gasteiger partial charge in [-0.25, -0.2) is 0 Å². The van der Waals surface area contributed by atoms with Crippen molar-refractivity contribution in [2.45, 2.75) is 30.3 Å². The number of benzene rings is 2. The Morgan fingerprint density at radius 1 is 1.19 bits per heavy atom. The minimum atomic E-state index is -4.77. The van der Waals surface area contributed by atoms with Gasteiger partial charge in [-0.2, -0.15) is 0 Å². The average Bonchev–Trinajstić information content (AvgIpc) is 3.07. The fourth-order valence-electron chi connectivity index (χ4n) is 2.47. The molecular formula is C20H18ClF3N4O3S. The molecule has 0 aliphatic rings. The van der Waals surface area contributed by atoms with E-state index in [1.165, 1.54) is 23.9 Å². The fourth-order valence-corrected chi connectivity index (χ4v) is 3.50. The lowest BCUT2D eigenvalue weighted by Crippen LogP contribution is -2.23. The zero-order valence-electron chi connectivity index (χ0n) is 16.9. The standard InChI is InChI=1S/C20H18ClF3N4O3S/c1-12(18(29)25-13-7-9-14(10-8-13)31-20(22,23)24)32-19-27-26-17(28(19)2)11-30-16-6-4-3-5-15(16)21/h3-10,12H,11H2,1-2H3,(H,25,29). The number of alkyl halides is 3. The third-order valence-corrected chi connectivity index (χ3v) is 5.57.